The Bertz CT molecular complexity index is 614. The molecule has 1 heterocycles. The average Bonchev–Trinajstić information content (AvgIpc) is 2.53. The second-order valence-electron chi connectivity index (χ2n) is 5.24. The largest absolute Gasteiger partial charge is 0.381 e. The zero-order chi connectivity index (χ0) is 15.3. The van der Waals surface area contributed by atoms with Gasteiger partial charge in [0.15, 0.2) is 9.84 Å². The standard InChI is InChI=1S/C15H20N2O3S/c1-20-14-5-7-17(8-6-14)9-10-21(18,19)15-4-2-3-13(11-15)12-16/h2-4,11,14H,5-10H2,1H3. The summed E-state index contributed by atoms with van der Waals surface area (Å²) in [6.07, 6.45) is 2.19. The van der Waals surface area contributed by atoms with Gasteiger partial charge < -0.3 is 9.64 Å². The lowest BCUT2D eigenvalue weighted by Gasteiger charge is -2.30. The molecule has 114 valence electrons. The molecule has 0 atom stereocenters. The lowest BCUT2D eigenvalue weighted by Crippen LogP contribution is -2.39. The maximum atomic E-state index is 12.3. The van der Waals surface area contributed by atoms with E-state index in [1.165, 1.54) is 6.07 Å². The Morgan fingerprint density at radius 3 is 2.71 bits per heavy atom. The van der Waals surface area contributed by atoms with Crippen LogP contribution in [0.5, 0.6) is 0 Å². The summed E-state index contributed by atoms with van der Waals surface area (Å²) in [5, 5.41) is 8.84. The molecule has 21 heavy (non-hydrogen) atoms. The van der Waals surface area contributed by atoms with Crippen LogP contribution in [0.1, 0.15) is 18.4 Å². The van der Waals surface area contributed by atoms with Crippen LogP contribution in [0, 0.1) is 11.3 Å². The molecule has 2 rings (SSSR count). The summed E-state index contributed by atoms with van der Waals surface area (Å²) in [7, 11) is -1.62. The number of hydrogen-bond acceptors (Lipinski definition) is 5. The normalized spacial score (nSPS) is 17.5. The third kappa shape index (κ3) is 4.27. The van der Waals surface area contributed by atoms with Gasteiger partial charge >= 0.3 is 0 Å². The maximum Gasteiger partial charge on any atom is 0.179 e. The molecule has 6 heteroatoms. The van der Waals surface area contributed by atoms with E-state index in [4.69, 9.17) is 10.00 Å². The van der Waals surface area contributed by atoms with E-state index in [2.05, 4.69) is 4.90 Å². The Morgan fingerprint density at radius 1 is 1.38 bits per heavy atom. The molecule has 0 N–H and O–H groups in total. The van der Waals surface area contributed by atoms with Crippen LogP contribution in [0.25, 0.3) is 0 Å². The highest BCUT2D eigenvalue weighted by atomic mass is 32.2. The highest BCUT2D eigenvalue weighted by Gasteiger charge is 2.21. The van der Waals surface area contributed by atoms with E-state index in [1.807, 2.05) is 6.07 Å². The number of likely N-dealkylation sites (tertiary alicyclic amines) is 1. The minimum atomic E-state index is -3.34. The number of piperidine rings is 1. The van der Waals surface area contributed by atoms with Crippen LogP contribution in [0.15, 0.2) is 29.2 Å². The second kappa shape index (κ2) is 7.03. The van der Waals surface area contributed by atoms with Crippen molar-refractivity contribution in [1.82, 2.24) is 4.90 Å². The van der Waals surface area contributed by atoms with Crippen molar-refractivity contribution in [2.45, 2.75) is 23.8 Å². The molecule has 0 saturated carbocycles. The molecule has 0 aromatic heterocycles. The van der Waals surface area contributed by atoms with E-state index in [0.717, 1.165) is 25.9 Å². The Balaban J connectivity index is 1.94. The van der Waals surface area contributed by atoms with Gasteiger partial charge in [-0.25, -0.2) is 8.42 Å². The monoisotopic (exact) mass is 308 g/mol. The minimum absolute atomic E-state index is 0.0829. The topological polar surface area (TPSA) is 70.4 Å². The van der Waals surface area contributed by atoms with Crippen LogP contribution in [-0.4, -0.2) is 51.9 Å². The first-order chi connectivity index (χ1) is 10.0. The van der Waals surface area contributed by atoms with Crippen LogP contribution in [0.4, 0.5) is 0 Å². The van der Waals surface area contributed by atoms with Gasteiger partial charge in [-0.2, -0.15) is 5.26 Å². The Labute approximate surface area is 126 Å². The van der Waals surface area contributed by atoms with Gasteiger partial charge in [-0.15, -0.1) is 0 Å². The fourth-order valence-electron chi connectivity index (χ4n) is 2.49. The molecule has 1 aliphatic rings. The third-order valence-electron chi connectivity index (χ3n) is 3.87. The van der Waals surface area contributed by atoms with Gasteiger partial charge in [-0.1, -0.05) is 6.07 Å². The molecule has 5 nitrogen and oxygen atoms in total. The zero-order valence-electron chi connectivity index (χ0n) is 12.2. The van der Waals surface area contributed by atoms with E-state index in [-0.39, 0.29) is 10.6 Å². The Hall–Kier alpha value is -1.42. The molecule has 1 aromatic carbocycles. The van der Waals surface area contributed by atoms with Crippen LogP contribution >= 0.6 is 0 Å². The quantitative estimate of drug-likeness (QED) is 0.823. The zero-order valence-corrected chi connectivity index (χ0v) is 13.0. The fourth-order valence-corrected chi connectivity index (χ4v) is 3.82. The predicted molar refractivity (Wildman–Crippen MR) is 79.7 cm³/mol. The van der Waals surface area contributed by atoms with E-state index in [0.29, 0.717) is 18.2 Å². The molecule has 0 bridgehead atoms. The first-order valence-electron chi connectivity index (χ1n) is 7.03. The molecule has 1 saturated heterocycles. The van der Waals surface area contributed by atoms with Crippen LogP contribution < -0.4 is 0 Å². The average molecular weight is 308 g/mol. The van der Waals surface area contributed by atoms with Crippen LogP contribution in [0.2, 0.25) is 0 Å². The third-order valence-corrected chi connectivity index (χ3v) is 5.56. The molecular formula is C15H20N2O3S. The van der Waals surface area contributed by atoms with E-state index in [9.17, 15) is 8.42 Å². The van der Waals surface area contributed by atoms with Crippen molar-refractivity contribution in [3.05, 3.63) is 29.8 Å². The van der Waals surface area contributed by atoms with Crippen molar-refractivity contribution in [2.75, 3.05) is 32.5 Å². The SMILES string of the molecule is COC1CCN(CCS(=O)(=O)c2cccc(C#N)c2)CC1. The Kier molecular flexibility index (Phi) is 5.34. The van der Waals surface area contributed by atoms with E-state index >= 15 is 0 Å². The van der Waals surface area contributed by atoms with E-state index in [1.54, 1.807) is 25.3 Å². The van der Waals surface area contributed by atoms with Crippen molar-refractivity contribution in [3.63, 3.8) is 0 Å². The molecule has 0 radical (unpaired) electrons. The minimum Gasteiger partial charge on any atom is -0.381 e. The highest BCUT2D eigenvalue weighted by molar-refractivity contribution is 7.91. The number of nitriles is 1. The number of ether oxygens (including phenoxy) is 1. The highest BCUT2D eigenvalue weighted by Crippen LogP contribution is 2.16. The summed E-state index contributed by atoms with van der Waals surface area (Å²) in [6, 6.07) is 8.17. The summed E-state index contributed by atoms with van der Waals surface area (Å²) < 4.78 is 29.9. The number of nitrogens with zero attached hydrogens (tertiary/aromatic N) is 2. The summed E-state index contributed by atoms with van der Waals surface area (Å²) in [5.74, 6) is 0.0829. The maximum absolute atomic E-state index is 12.3. The van der Waals surface area contributed by atoms with Crippen molar-refractivity contribution < 1.29 is 13.2 Å². The van der Waals surface area contributed by atoms with Crippen molar-refractivity contribution in [3.8, 4) is 6.07 Å². The number of sulfone groups is 1. The molecular weight excluding hydrogens is 288 g/mol. The summed E-state index contributed by atoms with van der Waals surface area (Å²) in [5.41, 5.74) is 0.372. The number of methoxy groups -OCH3 is 1. The summed E-state index contributed by atoms with van der Waals surface area (Å²) in [4.78, 5) is 2.38. The Morgan fingerprint density at radius 2 is 2.10 bits per heavy atom. The van der Waals surface area contributed by atoms with E-state index < -0.39 is 9.84 Å². The van der Waals surface area contributed by atoms with Crippen molar-refractivity contribution in [2.24, 2.45) is 0 Å². The van der Waals surface area contributed by atoms with Gasteiger partial charge in [0.2, 0.25) is 0 Å². The molecule has 0 spiro atoms. The van der Waals surface area contributed by atoms with Gasteiger partial charge in [0.1, 0.15) is 0 Å². The summed E-state index contributed by atoms with van der Waals surface area (Å²) in [6.45, 7) is 2.26. The summed E-state index contributed by atoms with van der Waals surface area (Å²) >= 11 is 0. The predicted octanol–water partition coefficient (Wildman–Crippen LogP) is 1.44. The fraction of sp³-hybridized carbons (Fsp3) is 0.533. The van der Waals surface area contributed by atoms with Crippen molar-refractivity contribution in [1.29, 1.82) is 5.26 Å². The second-order valence-corrected chi connectivity index (χ2v) is 7.34. The van der Waals surface area contributed by atoms with Gasteiger partial charge in [0, 0.05) is 26.7 Å². The van der Waals surface area contributed by atoms with Gasteiger partial charge in [-0.3, -0.25) is 0 Å². The van der Waals surface area contributed by atoms with Gasteiger partial charge in [0.05, 0.1) is 28.4 Å². The lowest BCUT2D eigenvalue weighted by molar-refractivity contribution is 0.0429. The number of benzene rings is 1. The first kappa shape index (κ1) is 16.0. The molecule has 0 unspecified atom stereocenters. The first-order valence-corrected chi connectivity index (χ1v) is 8.68. The smallest absolute Gasteiger partial charge is 0.179 e. The molecule has 1 fully saturated rings. The van der Waals surface area contributed by atoms with Crippen molar-refractivity contribution >= 4 is 9.84 Å². The number of rotatable bonds is 5. The molecule has 1 aliphatic heterocycles. The molecule has 0 aliphatic carbocycles. The number of hydrogen-bond donors (Lipinski definition) is 0. The lowest BCUT2D eigenvalue weighted by atomic mass is 10.1. The van der Waals surface area contributed by atoms with Crippen LogP contribution in [0.3, 0.4) is 0 Å². The van der Waals surface area contributed by atoms with Crippen LogP contribution in [-0.2, 0) is 14.6 Å². The van der Waals surface area contributed by atoms with Gasteiger partial charge in [0.25, 0.3) is 0 Å². The molecule has 1 aromatic rings. The van der Waals surface area contributed by atoms with Gasteiger partial charge in [-0.05, 0) is 31.0 Å². The molecule has 0 amide bonds.